The molecule has 0 bridgehead atoms. The molecule has 0 saturated carbocycles. The summed E-state index contributed by atoms with van der Waals surface area (Å²) in [6.45, 7) is 1.38. The third-order valence-electron chi connectivity index (χ3n) is 3.66. The maximum atomic E-state index is 11.9. The molecule has 3 amide bonds. The normalized spacial score (nSPS) is 10.0. The van der Waals surface area contributed by atoms with E-state index in [0.29, 0.717) is 5.69 Å². The van der Waals surface area contributed by atoms with E-state index in [1.807, 2.05) is 30.3 Å². The van der Waals surface area contributed by atoms with Crippen LogP contribution in [0.3, 0.4) is 0 Å². The highest BCUT2D eigenvalue weighted by molar-refractivity contribution is 5.95. The Labute approximate surface area is 146 Å². The van der Waals surface area contributed by atoms with Gasteiger partial charge in [0.2, 0.25) is 17.7 Å². The lowest BCUT2D eigenvalue weighted by molar-refractivity contribution is -0.123. The molecule has 2 N–H and O–H groups in total. The Morgan fingerprint density at radius 1 is 0.920 bits per heavy atom. The van der Waals surface area contributed by atoms with Crippen molar-refractivity contribution < 1.29 is 14.4 Å². The Morgan fingerprint density at radius 2 is 1.56 bits per heavy atom. The molecular weight excluding hydrogens is 318 g/mol. The molecule has 25 heavy (non-hydrogen) atoms. The number of carbonyl (C=O) groups is 3. The molecule has 0 aliphatic carbocycles. The minimum Gasteiger partial charge on any atom is -0.347 e. The van der Waals surface area contributed by atoms with Crippen molar-refractivity contribution >= 4 is 29.1 Å². The molecule has 0 saturated heterocycles. The number of nitrogens with zero attached hydrogens (tertiary/aromatic N) is 1. The summed E-state index contributed by atoms with van der Waals surface area (Å²) >= 11 is 0. The van der Waals surface area contributed by atoms with Gasteiger partial charge in [-0.05, 0) is 29.8 Å². The fourth-order valence-electron chi connectivity index (χ4n) is 2.18. The van der Waals surface area contributed by atoms with Gasteiger partial charge in [0.15, 0.2) is 0 Å². The molecule has 2 aromatic rings. The molecular formula is C19H21N3O3. The summed E-state index contributed by atoms with van der Waals surface area (Å²) in [6, 6.07) is 16.2. The van der Waals surface area contributed by atoms with Crippen LogP contribution in [0.2, 0.25) is 0 Å². The molecule has 0 aromatic heterocycles. The van der Waals surface area contributed by atoms with Gasteiger partial charge in [-0.25, -0.2) is 0 Å². The van der Waals surface area contributed by atoms with Gasteiger partial charge in [0.05, 0.1) is 13.0 Å². The van der Waals surface area contributed by atoms with E-state index in [-0.39, 0.29) is 30.7 Å². The average Bonchev–Trinajstić information content (AvgIpc) is 2.61. The van der Waals surface area contributed by atoms with E-state index in [1.165, 1.54) is 11.8 Å². The summed E-state index contributed by atoms with van der Waals surface area (Å²) in [7, 11) is 1.68. The predicted molar refractivity (Wildman–Crippen MR) is 97.3 cm³/mol. The van der Waals surface area contributed by atoms with Crippen molar-refractivity contribution in [3.8, 4) is 0 Å². The van der Waals surface area contributed by atoms with Crippen molar-refractivity contribution in [3.05, 3.63) is 60.2 Å². The molecule has 0 unspecified atom stereocenters. The second-order valence-electron chi connectivity index (χ2n) is 5.61. The number of hydrogen-bond acceptors (Lipinski definition) is 3. The predicted octanol–water partition coefficient (Wildman–Crippen LogP) is 1.97. The number of anilines is 2. The Bertz CT molecular complexity index is 742. The Kier molecular flexibility index (Phi) is 6.28. The number of amides is 3. The second-order valence-corrected chi connectivity index (χ2v) is 5.61. The lowest BCUT2D eigenvalue weighted by atomic mass is 10.1. The number of rotatable bonds is 6. The molecule has 0 heterocycles. The van der Waals surface area contributed by atoms with E-state index < -0.39 is 0 Å². The van der Waals surface area contributed by atoms with Crippen LogP contribution >= 0.6 is 0 Å². The molecule has 2 rings (SSSR count). The van der Waals surface area contributed by atoms with Crippen LogP contribution in [0.1, 0.15) is 12.5 Å². The number of hydrogen-bond donors (Lipinski definition) is 2. The molecule has 0 fully saturated rings. The summed E-state index contributed by atoms with van der Waals surface area (Å²) in [5.74, 6) is -0.591. The van der Waals surface area contributed by atoms with Crippen molar-refractivity contribution in [2.45, 2.75) is 13.3 Å². The highest BCUT2D eigenvalue weighted by Gasteiger charge is 2.08. The van der Waals surface area contributed by atoms with Crippen LogP contribution in [0.5, 0.6) is 0 Å². The maximum absolute atomic E-state index is 11.9. The SMILES string of the molecule is CC(=O)N(C)c1ccc(NC(=O)CNC(=O)Cc2ccccc2)cc1. The van der Waals surface area contributed by atoms with Gasteiger partial charge in [0, 0.05) is 25.3 Å². The first kappa shape index (κ1) is 18.2. The van der Waals surface area contributed by atoms with Crippen LogP contribution in [-0.2, 0) is 20.8 Å². The summed E-state index contributed by atoms with van der Waals surface area (Å²) in [5.41, 5.74) is 2.23. The van der Waals surface area contributed by atoms with E-state index >= 15 is 0 Å². The van der Waals surface area contributed by atoms with Crippen LogP contribution in [0.4, 0.5) is 11.4 Å². The number of benzene rings is 2. The summed E-state index contributed by atoms with van der Waals surface area (Å²) < 4.78 is 0. The topological polar surface area (TPSA) is 78.5 Å². The number of carbonyl (C=O) groups excluding carboxylic acids is 3. The molecule has 0 radical (unpaired) electrons. The minimum atomic E-state index is -0.311. The van der Waals surface area contributed by atoms with Gasteiger partial charge in [-0.2, -0.15) is 0 Å². The largest absolute Gasteiger partial charge is 0.347 e. The van der Waals surface area contributed by atoms with Crippen molar-refractivity contribution in [1.29, 1.82) is 0 Å². The van der Waals surface area contributed by atoms with E-state index in [0.717, 1.165) is 11.3 Å². The van der Waals surface area contributed by atoms with Crippen molar-refractivity contribution in [2.24, 2.45) is 0 Å². The fraction of sp³-hybridized carbons (Fsp3) is 0.211. The van der Waals surface area contributed by atoms with Crippen molar-refractivity contribution in [1.82, 2.24) is 5.32 Å². The first-order valence-electron chi connectivity index (χ1n) is 7.90. The van der Waals surface area contributed by atoms with Gasteiger partial charge in [-0.3, -0.25) is 14.4 Å². The highest BCUT2D eigenvalue weighted by Crippen LogP contribution is 2.16. The van der Waals surface area contributed by atoms with E-state index in [4.69, 9.17) is 0 Å². The lowest BCUT2D eigenvalue weighted by Gasteiger charge is -2.15. The highest BCUT2D eigenvalue weighted by atomic mass is 16.2. The van der Waals surface area contributed by atoms with E-state index in [1.54, 1.807) is 31.3 Å². The fourth-order valence-corrected chi connectivity index (χ4v) is 2.18. The van der Waals surface area contributed by atoms with Gasteiger partial charge in [-0.1, -0.05) is 30.3 Å². The molecule has 0 aliphatic heterocycles. The molecule has 6 heteroatoms. The summed E-state index contributed by atoms with van der Waals surface area (Å²) in [5, 5.41) is 5.29. The maximum Gasteiger partial charge on any atom is 0.243 e. The van der Waals surface area contributed by atoms with Crippen LogP contribution in [0, 0.1) is 0 Å². The van der Waals surface area contributed by atoms with Crippen LogP contribution in [-0.4, -0.2) is 31.3 Å². The first-order chi connectivity index (χ1) is 12.0. The van der Waals surface area contributed by atoms with E-state index in [9.17, 15) is 14.4 Å². The van der Waals surface area contributed by atoms with Crippen LogP contribution in [0.15, 0.2) is 54.6 Å². The molecule has 2 aromatic carbocycles. The van der Waals surface area contributed by atoms with Gasteiger partial charge in [0.1, 0.15) is 0 Å². The van der Waals surface area contributed by atoms with Gasteiger partial charge < -0.3 is 15.5 Å². The number of nitrogens with one attached hydrogen (secondary N) is 2. The second kappa shape index (κ2) is 8.63. The molecule has 6 nitrogen and oxygen atoms in total. The zero-order valence-electron chi connectivity index (χ0n) is 14.3. The van der Waals surface area contributed by atoms with Gasteiger partial charge in [0.25, 0.3) is 0 Å². The molecule has 0 spiro atoms. The molecule has 130 valence electrons. The van der Waals surface area contributed by atoms with Crippen molar-refractivity contribution in [2.75, 3.05) is 23.8 Å². The van der Waals surface area contributed by atoms with Crippen molar-refractivity contribution in [3.63, 3.8) is 0 Å². The third kappa shape index (κ3) is 5.76. The van der Waals surface area contributed by atoms with Gasteiger partial charge >= 0.3 is 0 Å². The third-order valence-corrected chi connectivity index (χ3v) is 3.66. The summed E-state index contributed by atoms with van der Waals surface area (Å²) in [4.78, 5) is 36.5. The summed E-state index contributed by atoms with van der Waals surface area (Å²) in [6.07, 6.45) is 0.236. The van der Waals surface area contributed by atoms with Crippen LogP contribution in [0.25, 0.3) is 0 Å². The zero-order valence-corrected chi connectivity index (χ0v) is 14.3. The molecule has 0 aliphatic rings. The van der Waals surface area contributed by atoms with E-state index in [2.05, 4.69) is 10.6 Å². The lowest BCUT2D eigenvalue weighted by Crippen LogP contribution is -2.33. The Morgan fingerprint density at radius 3 is 2.16 bits per heavy atom. The zero-order chi connectivity index (χ0) is 18.2. The smallest absolute Gasteiger partial charge is 0.243 e. The monoisotopic (exact) mass is 339 g/mol. The Hall–Kier alpha value is -3.15. The van der Waals surface area contributed by atoms with Crippen LogP contribution < -0.4 is 15.5 Å². The minimum absolute atomic E-state index is 0.0714. The molecule has 0 atom stereocenters. The first-order valence-corrected chi connectivity index (χ1v) is 7.90. The Balaban J connectivity index is 1.80. The quantitative estimate of drug-likeness (QED) is 0.844. The van der Waals surface area contributed by atoms with Gasteiger partial charge in [-0.15, -0.1) is 0 Å². The average molecular weight is 339 g/mol. The standard InChI is InChI=1S/C19H21N3O3/c1-14(23)22(2)17-10-8-16(9-11-17)21-19(25)13-20-18(24)12-15-6-4-3-5-7-15/h3-11H,12-13H2,1-2H3,(H,20,24)(H,21,25).